The first-order valence-electron chi connectivity index (χ1n) is 19.4. The standard InChI is InChI=1S/C41H47N15O6/c1-5-46-30(15-23(3)42)38(60)50-40-48-28-17-25(36(44)58)19-32(57)34(28)54(40)12-7-8-13-55-35-29(49-41(55)51-39(61)31-16-24(4)52-56(31)6-2)18-26(37(45)59)20-33(35)62-14-10-9-11-53-22-27(43)21-47-53/h7-10,15-22,57H,5-6,11-14,42-43H2,1-4H3,(H2,44,58)(H2,45,59)(H,48,50,60)(H,49,51,61)/b8-7+,10-9+,23-15-,46-30?. The fourth-order valence-electron chi connectivity index (χ4n) is 6.51. The van der Waals surface area contributed by atoms with Crippen molar-refractivity contribution in [2.75, 3.05) is 29.5 Å². The third-order valence-electron chi connectivity index (χ3n) is 9.20. The van der Waals surface area contributed by atoms with Crippen LogP contribution in [0, 0.1) is 6.92 Å². The molecule has 0 radical (unpaired) electrons. The molecule has 0 atom stereocenters. The molecule has 4 aromatic heterocycles. The topological polar surface area (TPSA) is 310 Å². The number of carbonyl (C=O) groups is 4. The number of nitrogens with one attached hydrogen (secondary N) is 2. The molecule has 6 rings (SSSR count). The van der Waals surface area contributed by atoms with Gasteiger partial charge in [0.15, 0.2) is 0 Å². The smallest absolute Gasteiger partial charge is 0.276 e. The van der Waals surface area contributed by atoms with Crippen LogP contribution in [0.1, 0.15) is 57.7 Å². The number of nitrogen functional groups attached to an aromatic ring is 1. The van der Waals surface area contributed by atoms with E-state index in [0.717, 1.165) is 0 Å². The lowest BCUT2D eigenvalue weighted by Crippen LogP contribution is -2.24. The number of nitrogens with zero attached hydrogens (tertiary/aromatic N) is 9. The molecule has 0 bridgehead atoms. The molecule has 62 heavy (non-hydrogen) atoms. The van der Waals surface area contributed by atoms with Crippen LogP contribution in [0.4, 0.5) is 17.6 Å². The molecule has 322 valence electrons. The van der Waals surface area contributed by atoms with E-state index in [0.29, 0.717) is 53.4 Å². The van der Waals surface area contributed by atoms with E-state index in [9.17, 15) is 24.3 Å². The number of carbonyl (C=O) groups excluding carboxylic acids is 4. The van der Waals surface area contributed by atoms with Crippen molar-refractivity contribution in [3.8, 4) is 11.5 Å². The monoisotopic (exact) mass is 845 g/mol. The van der Waals surface area contributed by atoms with Crippen molar-refractivity contribution in [1.82, 2.24) is 38.7 Å². The highest BCUT2D eigenvalue weighted by Gasteiger charge is 2.23. The summed E-state index contributed by atoms with van der Waals surface area (Å²) in [7, 11) is 0. The third-order valence-corrected chi connectivity index (χ3v) is 9.20. The molecule has 0 aliphatic carbocycles. The second kappa shape index (κ2) is 18.8. The Morgan fingerprint density at radius 1 is 0.855 bits per heavy atom. The molecule has 2 aromatic carbocycles. The van der Waals surface area contributed by atoms with Crippen LogP contribution in [0.2, 0.25) is 0 Å². The summed E-state index contributed by atoms with van der Waals surface area (Å²) < 4.78 is 12.7. The predicted molar refractivity (Wildman–Crippen MR) is 234 cm³/mol. The van der Waals surface area contributed by atoms with Gasteiger partial charge in [-0.05, 0) is 70.2 Å². The molecule has 0 unspecified atom stereocenters. The van der Waals surface area contributed by atoms with E-state index >= 15 is 0 Å². The van der Waals surface area contributed by atoms with Gasteiger partial charge in [0.1, 0.15) is 40.5 Å². The average Bonchev–Trinajstić information content (AvgIpc) is 3.99. The molecule has 6 aromatic rings. The van der Waals surface area contributed by atoms with Crippen LogP contribution < -0.4 is 38.3 Å². The number of imidazole rings is 2. The maximum absolute atomic E-state index is 13.8. The van der Waals surface area contributed by atoms with E-state index in [2.05, 4.69) is 30.8 Å². The van der Waals surface area contributed by atoms with Crippen LogP contribution in [0.3, 0.4) is 0 Å². The second-order valence-electron chi connectivity index (χ2n) is 13.9. The van der Waals surface area contributed by atoms with Gasteiger partial charge in [-0.1, -0.05) is 18.2 Å². The Kier molecular flexibility index (Phi) is 13.1. The van der Waals surface area contributed by atoms with Gasteiger partial charge in [-0.3, -0.25) is 44.2 Å². The lowest BCUT2D eigenvalue weighted by atomic mass is 10.1. The van der Waals surface area contributed by atoms with Gasteiger partial charge in [0, 0.05) is 49.2 Å². The number of benzene rings is 2. The molecule has 0 aliphatic rings. The van der Waals surface area contributed by atoms with Gasteiger partial charge < -0.3 is 41.9 Å². The minimum absolute atomic E-state index is 0.0119. The van der Waals surface area contributed by atoms with Crippen LogP contribution in [-0.4, -0.2) is 86.3 Å². The van der Waals surface area contributed by atoms with Crippen molar-refractivity contribution in [2.45, 2.75) is 53.9 Å². The zero-order valence-electron chi connectivity index (χ0n) is 34.5. The molecule has 11 N–H and O–H groups in total. The van der Waals surface area contributed by atoms with Crippen LogP contribution in [-0.2, 0) is 31.0 Å². The number of allylic oxidation sites excluding steroid dienone is 4. The van der Waals surface area contributed by atoms with E-state index in [1.165, 1.54) is 34.9 Å². The summed E-state index contributed by atoms with van der Waals surface area (Å²) in [6.07, 6.45) is 11.8. The number of hydrogen-bond donors (Lipinski definition) is 7. The number of hydrogen-bond acceptors (Lipinski definition) is 13. The summed E-state index contributed by atoms with van der Waals surface area (Å²) in [6, 6.07) is 7.29. The van der Waals surface area contributed by atoms with Gasteiger partial charge in [0.25, 0.3) is 11.8 Å². The minimum atomic E-state index is -0.782. The number of primary amides is 2. The number of aryl methyl sites for hydroxylation is 2. The van der Waals surface area contributed by atoms with Crippen molar-refractivity contribution in [3.05, 3.63) is 101 Å². The Morgan fingerprint density at radius 3 is 2.10 bits per heavy atom. The van der Waals surface area contributed by atoms with Crippen molar-refractivity contribution >= 4 is 69.0 Å². The molecule has 4 amide bonds. The number of anilines is 3. The number of nitrogens with two attached hydrogens (primary N) is 4. The normalized spacial score (nSPS) is 12.3. The number of aromatic hydroxyl groups is 1. The van der Waals surface area contributed by atoms with Crippen molar-refractivity contribution in [1.29, 1.82) is 0 Å². The largest absolute Gasteiger partial charge is 0.506 e. The van der Waals surface area contributed by atoms with Crippen LogP contribution in [0.15, 0.2) is 83.8 Å². The van der Waals surface area contributed by atoms with E-state index in [4.69, 9.17) is 32.7 Å². The zero-order chi connectivity index (χ0) is 44.7. The van der Waals surface area contributed by atoms with Gasteiger partial charge in [0.05, 0.1) is 35.2 Å². The first-order chi connectivity index (χ1) is 29.7. The SMILES string of the molecule is CCN=C(/C=C(/C)N)C(=O)Nc1nc2cc(C(N)=O)cc(O)c2n1C/C=C/Cn1c(NC(=O)c2cc(C)nn2CC)nc2cc(C(N)=O)cc(OC/C=C/Cn3cc(N)cn3)c21. The number of phenolic OH excluding ortho intramolecular Hbond substituents is 1. The van der Waals surface area contributed by atoms with Gasteiger partial charge in [0.2, 0.25) is 23.7 Å². The number of ether oxygens (including phenoxy) is 1. The first-order valence-corrected chi connectivity index (χ1v) is 19.4. The minimum Gasteiger partial charge on any atom is -0.506 e. The maximum atomic E-state index is 13.8. The van der Waals surface area contributed by atoms with Gasteiger partial charge >= 0.3 is 0 Å². The molecule has 21 heteroatoms. The lowest BCUT2D eigenvalue weighted by molar-refractivity contribution is -0.110. The van der Waals surface area contributed by atoms with Crippen molar-refractivity contribution in [2.24, 2.45) is 22.2 Å². The van der Waals surface area contributed by atoms with Crippen LogP contribution in [0.5, 0.6) is 11.5 Å². The number of amides is 4. The molecular weight excluding hydrogens is 799 g/mol. The summed E-state index contributed by atoms with van der Waals surface area (Å²) in [6.45, 7) is 8.41. The van der Waals surface area contributed by atoms with Crippen LogP contribution >= 0.6 is 0 Å². The van der Waals surface area contributed by atoms with Gasteiger partial charge in [-0.2, -0.15) is 10.2 Å². The predicted octanol–water partition coefficient (Wildman–Crippen LogP) is 3.00. The quantitative estimate of drug-likeness (QED) is 0.0485. The molecular formula is C41H47N15O6. The molecule has 0 saturated heterocycles. The van der Waals surface area contributed by atoms with Gasteiger partial charge in [-0.25, -0.2) is 9.97 Å². The van der Waals surface area contributed by atoms with Crippen LogP contribution in [0.25, 0.3) is 22.1 Å². The first kappa shape index (κ1) is 43.4. The summed E-state index contributed by atoms with van der Waals surface area (Å²) in [5.41, 5.74) is 26.0. The Bertz CT molecular complexity index is 2810. The van der Waals surface area contributed by atoms with Crippen molar-refractivity contribution in [3.63, 3.8) is 0 Å². The Hall–Kier alpha value is -8.23. The van der Waals surface area contributed by atoms with E-state index in [1.807, 2.05) is 13.0 Å². The molecule has 0 spiro atoms. The number of phenols is 1. The molecule has 4 heterocycles. The number of aromatic nitrogens is 8. The fraction of sp³-hybridized carbons (Fsp3) is 0.244. The molecule has 0 aliphatic heterocycles. The second-order valence-corrected chi connectivity index (χ2v) is 13.9. The summed E-state index contributed by atoms with van der Waals surface area (Å²) in [4.78, 5) is 65.2. The Labute approximate surface area is 354 Å². The van der Waals surface area contributed by atoms with Gasteiger partial charge in [-0.15, -0.1) is 0 Å². The highest BCUT2D eigenvalue weighted by molar-refractivity contribution is 6.47. The highest BCUT2D eigenvalue weighted by Crippen LogP contribution is 2.32. The third kappa shape index (κ3) is 9.79. The molecule has 0 saturated carbocycles. The molecule has 21 nitrogen and oxygen atoms in total. The number of fused-ring (bicyclic) bond motifs is 2. The average molecular weight is 846 g/mol. The number of aliphatic imine (C=N–C) groups is 1. The highest BCUT2D eigenvalue weighted by atomic mass is 16.5. The number of rotatable bonds is 18. The Balaban J connectivity index is 1.38. The molecule has 0 fully saturated rings. The maximum Gasteiger partial charge on any atom is 0.276 e. The van der Waals surface area contributed by atoms with E-state index in [1.54, 1.807) is 71.4 Å². The zero-order valence-corrected chi connectivity index (χ0v) is 34.5. The van der Waals surface area contributed by atoms with E-state index in [-0.39, 0.29) is 71.0 Å². The lowest BCUT2D eigenvalue weighted by Gasteiger charge is -2.12. The van der Waals surface area contributed by atoms with Crippen molar-refractivity contribution < 1.29 is 29.0 Å². The fourth-order valence-corrected chi connectivity index (χ4v) is 6.51. The summed E-state index contributed by atoms with van der Waals surface area (Å²) in [5.74, 6) is -2.48. The Morgan fingerprint density at radius 2 is 1.48 bits per heavy atom. The summed E-state index contributed by atoms with van der Waals surface area (Å²) in [5, 5.41) is 25.3. The summed E-state index contributed by atoms with van der Waals surface area (Å²) >= 11 is 0. The van der Waals surface area contributed by atoms with E-state index < -0.39 is 23.6 Å².